The van der Waals surface area contributed by atoms with Crippen molar-refractivity contribution in [2.24, 2.45) is 4.40 Å². The van der Waals surface area contributed by atoms with Crippen molar-refractivity contribution in [3.05, 3.63) is 29.6 Å². The maximum absolute atomic E-state index is 13.8. The van der Waals surface area contributed by atoms with E-state index in [0.29, 0.717) is 19.0 Å². The van der Waals surface area contributed by atoms with Crippen molar-refractivity contribution in [1.29, 1.82) is 0 Å². The highest BCUT2D eigenvalue weighted by Crippen LogP contribution is 2.21. The molecule has 1 fully saturated rings. The molecule has 0 amide bonds. The molecule has 1 aromatic rings. The summed E-state index contributed by atoms with van der Waals surface area (Å²) in [5.74, 6) is 0.148. The van der Waals surface area contributed by atoms with Crippen LogP contribution >= 0.6 is 0 Å². The second-order valence-corrected chi connectivity index (χ2v) is 7.82. The Kier molecular flexibility index (Phi) is 5.24. The van der Waals surface area contributed by atoms with E-state index in [4.69, 9.17) is 9.47 Å². The van der Waals surface area contributed by atoms with E-state index < -0.39 is 21.9 Å². The average Bonchev–Trinajstić information content (AvgIpc) is 2.90. The zero-order valence-electron chi connectivity index (χ0n) is 12.5. The van der Waals surface area contributed by atoms with Gasteiger partial charge in [0, 0.05) is 12.0 Å². The Labute approximate surface area is 127 Å². The molecular weight excluding hydrogens is 293 g/mol. The Balaban J connectivity index is 2.09. The fourth-order valence-electron chi connectivity index (χ4n) is 1.76. The molecule has 0 aliphatic carbocycles. The monoisotopic (exact) mass is 313 g/mol. The first kappa shape index (κ1) is 16.3. The van der Waals surface area contributed by atoms with Crippen molar-refractivity contribution in [2.75, 3.05) is 13.2 Å². The fraction of sp³-hybridized carbons (Fsp3) is 0.533. The Morgan fingerprint density at radius 2 is 2.24 bits per heavy atom. The van der Waals surface area contributed by atoms with E-state index in [-0.39, 0.29) is 11.7 Å². The zero-order valence-corrected chi connectivity index (χ0v) is 13.3. The highest BCUT2D eigenvalue weighted by atomic mass is 32.2. The molecule has 0 radical (unpaired) electrons. The van der Waals surface area contributed by atoms with Gasteiger partial charge in [0.1, 0.15) is 33.8 Å². The van der Waals surface area contributed by atoms with Gasteiger partial charge in [-0.1, -0.05) is 4.40 Å². The van der Waals surface area contributed by atoms with E-state index in [1.165, 1.54) is 12.3 Å². The summed E-state index contributed by atoms with van der Waals surface area (Å²) in [5, 5.41) is 0. The van der Waals surface area contributed by atoms with Gasteiger partial charge in [0.05, 0.1) is 19.4 Å². The number of benzene rings is 1. The van der Waals surface area contributed by atoms with E-state index >= 15 is 0 Å². The van der Waals surface area contributed by atoms with Crippen molar-refractivity contribution < 1.29 is 18.4 Å². The van der Waals surface area contributed by atoms with E-state index in [9.17, 15) is 8.94 Å². The van der Waals surface area contributed by atoms with Crippen LogP contribution in [-0.4, -0.2) is 34.8 Å². The van der Waals surface area contributed by atoms with Gasteiger partial charge in [-0.05, 0) is 39.0 Å². The van der Waals surface area contributed by atoms with E-state index in [1.807, 2.05) is 20.8 Å². The van der Waals surface area contributed by atoms with Gasteiger partial charge in [-0.15, -0.1) is 0 Å². The van der Waals surface area contributed by atoms with Gasteiger partial charge in [0.2, 0.25) is 0 Å². The van der Waals surface area contributed by atoms with Gasteiger partial charge in [0.25, 0.3) is 0 Å². The van der Waals surface area contributed by atoms with Crippen LogP contribution < -0.4 is 4.74 Å². The number of hydrogen-bond donors (Lipinski definition) is 0. The van der Waals surface area contributed by atoms with Gasteiger partial charge in [-0.2, -0.15) is 0 Å². The predicted octanol–water partition coefficient (Wildman–Crippen LogP) is 2.87. The SMILES string of the molecule is CC(C)(C)[S@@+]([O-])N=Cc1cc(O[C@@H]2CCOC2)ccc1F. The Morgan fingerprint density at radius 1 is 1.48 bits per heavy atom. The minimum atomic E-state index is -1.41. The molecular formula is C15H20FNO3S. The van der Waals surface area contributed by atoms with Gasteiger partial charge in [-0.3, -0.25) is 0 Å². The van der Waals surface area contributed by atoms with Crippen LogP contribution in [0, 0.1) is 5.82 Å². The first-order valence-corrected chi connectivity index (χ1v) is 7.97. The molecule has 1 aliphatic rings. The molecule has 0 N–H and O–H groups in total. The molecule has 1 saturated heterocycles. The highest BCUT2D eigenvalue weighted by molar-refractivity contribution is 7.91. The second-order valence-electron chi connectivity index (χ2n) is 5.88. The van der Waals surface area contributed by atoms with Crippen LogP contribution in [0.15, 0.2) is 22.6 Å². The van der Waals surface area contributed by atoms with E-state index in [1.54, 1.807) is 12.1 Å². The summed E-state index contributed by atoms with van der Waals surface area (Å²) in [5.41, 5.74) is 0.268. The van der Waals surface area contributed by atoms with Crippen LogP contribution in [0.5, 0.6) is 5.75 Å². The molecule has 1 aromatic carbocycles. The summed E-state index contributed by atoms with van der Waals surface area (Å²) in [6.45, 7) is 6.68. The summed E-state index contributed by atoms with van der Waals surface area (Å²) >= 11 is -1.41. The van der Waals surface area contributed by atoms with E-state index in [0.717, 1.165) is 6.42 Å². The Bertz CT molecular complexity index is 510. The smallest absolute Gasteiger partial charge is 0.144 e. The normalized spacial score (nSPS) is 20.9. The number of ether oxygens (including phenoxy) is 2. The molecule has 116 valence electrons. The maximum Gasteiger partial charge on any atom is 0.144 e. The Hall–Kier alpha value is -1.11. The van der Waals surface area contributed by atoms with E-state index in [2.05, 4.69) is 4.40 Å². The van der Waals surface area contributed by atoms with Crippen molar-refractivity contribution >= 4 is 17.6 Å². The minimum absolute atomic E-state index is 0.00366. The summed E-state index contributed by atoms with van der Waals surface area (Å²) < 4.78 is 40.0. The summed E-state index contributed by atoms with van der Waals surface area (Å²) in [7, 11) is 0. The van der Waals surface area contributed by atoms with Gasteiger partial charge >= 0.3 is 0 Å². The molecule has 2 atom stereocenters. The quantitative estimate of drug-likeness (QED) is 0.634. The van der Waals surface area contributed by atoms with Crippen molar-refractivity contribution in [2.45, 2.75) is 38.0 Å². The predicted molar refractivity (Wildman–Crippen MR) is 81.7 cm³/mol. The third-order valence-corrected chi connectivity index (χ3v) is 4.31. The molecule has 1 heterocycles. The molecule has 0 unspecified atom stereocenters. The van der Waals surface area contributed by atoms with Crippen molar-refractivity contribution in [3.63, 3.8) is 0 Å². The van der Waals surface area contributed by atoms with Gasteiger partial charge in [0.15, 0.2) is 0 Å². The molecule has 21 heavy (non-hydrogen) atoms. The van der Waals surface area contributed by atoms with Crippen LogP contribution in [0.2, 0.25) is 0 Å². The highest BCUT2D eigenvalue weighted by Gasteiger charge is 2.26. The largest absolute Gasteiger partial charge is 0.591 e. The topological polar surface area (TPSA) is 53.9 Å². The number of halogens is 1. The van der Waals surface area contributed by atoms with Crippen LogP contribution in [0.25, 0.3) is 0 Å². The molecule has 0 bridgehead atoms. The maximum atomic E-state index is 13.8. The third-order valence-electron chi connectivity index (χ3n) is 2.97. The summed E-state index contributed by atoms with van der Waals surface area (Å²) in [6.07, 6.45) is 2.13. The molecule has 2 rings (SSSR count). The second kappa shape index (κ2) is 6.77. The molecule has 4 nitrogen and oxygen atoms in total. The lowest BCUT2D eigenvalue weighted by atomic mass is 10.2. The lowest BCUT2D eigenvalue weighted by Gasteiger charge is -2.17. The molecule has 1 aliphatic heterocycles. The lowest BCUT2D eigenvalue weighted by Crippen LogP contribution is -2.25. The first-order chi connectivity index (χ1) is 9.86. The van der Waals surface area contributed by atoms with Crippen molar-refractivity contribution in [3.8, 4) is 5.75 Å². The lowest BCUT2D eigenvalue weighted by molar-refractivity contribution is 0.141. The zero-order chi connectivity index (χ0) is 15.5. The van der Waals surface area contributed by atoms with Crippen LogP contribution in [0.1, 0.15) is 32.8 Å². The third kappa shape index (κ3) is 4.69. The molecule has 0 aromatic heterocycles. The molecule has 6 heteroatoms. The minimum Gasteiger partial charge on any atom is -0.591 e. The van der Waals surface area contributed by atoms with Gasteiger partial charge < -0.3 is 14.0 Å². The average molecular weight is 313 g/mol. The number of hydrogen-bond acceptors (Lipinski definition) is 4. The fourth-order valence-corrected chi connectivity index (χ4v) is 2.28. The molecule has 0 spiro atoms. The number of rotatable bonds is 4. The summed E-state index contributed by atoms with van der Waals surface area (Å²) in [6, 6.07) is 4.47. The van der Waals surface area contributed by atoms with Crippen LogP contribution in [0.3, 0.4) is 0 Å². The van der Waals surface area contributed by atoms with Crippen LogP contribution in [-0.2, 0) is 16.1 Å². The first-order valence-electron chi connectivity index (χ1n) is 6.86. The number of nitrogens with zero attached hydrogens (tertiary/aromatic N) is 1. The molecule has 0 saturated carbocycles. The standard InChI is InChI=1S/C15H20FNO3S/c1-15(2,3)21(18)17-9-11-8-12(4-5-14(11)16)20-13-6-7-19-10-13/h4-5,8-9,13H,6-7,10H2,1-3H3/t13-,21-/m1/s1. The summed E-state index contributed by atoms with van der Waals surface area (Å²) in [4.78, 5) is 0. The van der Waals surface area contributed by atoms with Crippen LogP contribution in [0.4, 0.5) is 4.39 Å². The van der Waals surface area contributed by atoms with Gasteiger partial charge in [-0.25, -0.2) is 4.39 Å². The Morgan fingerprint density at radius 3 is 2.86 bits per heavy atom. The van der Waals surface area contributed by atoms with Crippen molar-refractivity contribution in [1.82, 2.24) is 0 Å².